The Morgan fingerprint density at radius 2 is 2.15 bits per heavy atom. The molecule has 3 amide bonds. The standard InChI is InChI=1S/C20H21N3O4/c1-3-20(2)18(24)23(19(25)22-20)14-8-9-21-17(11-14)27-15-7-6-13-5-4-10-26-16(13)12-15/h6-9,11-12H,3-5,10H2,1-2H3,(H,22,25)/t20-/m1/s1. The van der Waals surface area contributed by atoms with Gasteiger partial charge in [-0.25, -0.2) is 14.7 Å². The Bertz CT molecular complexity index is 914. The van der Waals surface area contributed by atoms with Gasteiger partial charge in [-0.15, -0.1) is 0 Å². The summed E-state index contributed by atoms with van der Waals surface area (Å²) in [5.41, 5.74) is 0.694. The topological polar surface area (TPSA) is 80.8 Å². The number of imide groups is 1. The number of nitrogens with zero attached hydrogens (tertiary/aromatic N) is 2. The van der Waals surface area contributed by atoms with Crippen LogP contribution in [0.3, 0.4) is 0 Å². The molecule has 0 spiro atoms. The van der Waals surface area contributed by atoms with Crippen molar-refractivity contribution in [2.75, 3.05) is 11.5 Å². The smallest absolute Gasteiger partial charge is 0.329 e. The SMILES string of the molecule is CC[C@@]1(C)NC(=O)N(c2ccnc(Oc3ccc4c(c3)OCCC4)c2)C1=O. The molecule has 0 radical (unpaired) electrons. The van der Waals surface area contributed by atoms with Gasteiger partial charge in [-0.1, -0.05) is 13.0 Å². The van der Waals surface area contributed by atoms with Crippen LogP contribution in [-0.2, 0) is 11.2 Å². The van der Waals surface area contributed by atoms with E-state index >= 15 is 0 Å². The molecule has 0 saturated carbocycles. The number of fused-ring (bicyclic) bond motifs is 1. The molecule has 2 aliphatic heterocycles. The molecular weight excluding hydrogens is 346 g/mol. The zero-order valence-corrected chi connectivity index (χ0v) is 15.3. The van der Waals surface area contributed by atoms with Gasteiger partial charge in [-0.2, -0.15) is 0 Å². The van der Waals surface area contributed by atoms with Crippen LogP contribution in [0.1, 0.15) is 32.3 Å². The van der Waals surface area contributed by atoms with Crippen LogP contribution in [0.5, 0.6) is 17.4 Å². The Labute approximate surface area is 157 Å². The Balaban J connectivity index is 1.58. The van der Waals surface area contributed by atoms with Crippen LogP contribution in [-0.4, -0.2) is 29.1 Å². The molecule has 1 N–H and O–H groups in total. The maximum Gasteiger partial charge on any atom is 0.329 e. The average Bonchev–Trinajstić information content (AvgIpc) is 2.91. The van der Waals surface area contributed by atoms with Crippen LogP contribution < -0.4 is 19.7 Å². The van der Waals surface area contributed by atoms with E-state index in [0.29, 0.717) is 30.3 Å². The van der Waals surface area contributed by atoms with Crippen molar-refractivity contribution in [2.24, 2.45) is 0 Å². The lowest BCUT2D eigenvalue weighted by atomic mass is 9.99. The van der Waals surface area contributed by atoms with Crippen LogP contribution in [0.15, 0.2) is 36.5 Å². The molecule has 7 nitrogen and oxygen atoms in total. The Hall–Kier alpha value is -3.09. The number of hydrogen-bond donors (Lipinski definition) is 1. The normalized spacial score (nSPS) is 21.5. The third-order valence-corrected chi connectivity index (χ3v) is 5.05. The van der Waals surface area contributed by atoms with E-state index in [1.54, 1.807) is 19.1 Å². The highest BCUT2D eigenvalue weighted by Gasteiger charge is 2.47. The van der Waals surface area contributed by atoms with Crippen LogP contribution in [0, 0.1) is 0 Å². The number of hydrogen-bond acceptors (Lipinski definition) is 5. The Kier molecular flexibility index (Phi) is 4.22. The van der Waals surface area contributed by atoms with Crippen molar-refractivity contribution in [1.82, 2.24) is 10.3 Å². The van der Waals surface area contributed by atoms with E-state index in [9.17, 15) is 9.59 Å². The number of benzene rings is 1. The van der Waals surface area contributed by atoms with Crippen LogP contribution in [0.2, 0.25) is 0 Å². The van der Waals surface area contributed by atoms with E-state index in [-0.39, 0.29) is 5.91 Å². The minimum absolute atomic E-state index is 0.283. The first kappa shape index (κ1) is 17.3. The monoisotopic (exact) mass is 367 g/mol. The van der Waals surface area contributed by atoms with Gasteiger partial charge in [-0.3, -0.25) is 4.79 Å². The molecule has 1 saturated heterocycles. The molecule has 2 aliphatic rings. The van der Waals surface area contributed by atoms with E-state index in [4.69, 9.17) is 9.47 Å². The van der Waals surface area contributed by atoms with Gasteiger partial charge in [-0.05, 0) is 43.9 Å². The summed E-state index contributed by atoms with van der Waals surface area (Å²) in [6.07, 6.45) is 4.03. The van der Waals surface area contributed by atoms with Crippen molar-refractivity contribution in [3.63, 3.8) is 0 Å². The summed E-state index contributed by atoms with van der Waals surface area (Å²) < 4.78 is 11.5. The number of anilines is 1. The number of rotatable bonds is 4. The lowest BCUT2D eigenvalue weighted by molar-refractivity contribution is -0.121. The van der Waals surface area contributed by atoms with E-state index in [1.165, 1.54) is 6.20 Å². The zero-order chi connectivity index (χ0) is 19.0. The van der Waals surface area contributed by atoms with Crippen molar-refractivity contribution in [2.45, 2.75) is 38.6 Å². The fourth-order valence-electron chi connectivity index (χ4n) is 3.26. The number of ether oxygens (including phenoxy) is 2. The predicted octanol–water partition coefficient (Wildman–Crippen LogP) is 3.42. The van der Waals surface area contributed by atoms with Crippen LogP contribution in [0.4, 0.5) is 10.5 Å². The van der Waals surface area contributed by atoms with Gasteiger partial charge in [0.15, 0.2) is 0 Å². The lowest BCUT2D eigenvalue weighted by Crippen LogP contribution is -2.43. The number of nitrogens with one attached hydrogen (secondary N) is 1. The molecule has 7 heteroatoms. The summed E-state index contributed by atoms with van der Waals surface area (Å²) in [5, 5.41) is 2.74. The minimum atomic E-state index is -0.892. The molecule has 0 bridgehead atoms. The molecule has 1 atom stereocenters. The quantitative estimate of drug-likeness (QED) is 0.838. The molecule has 0 aliphatic carbocycles. The van der Waals surface area contributed by atoms with Crippen molar-refractivity contribution in [3.05, 3.63) is 42.1 Å². The molecule has 27 heavy (non-hydrogen) atoms. The van der Waals surface area contributed by atoms with Crippen molar-refractivity contribution in [1.29, 1.82) is 0 Å². The minimum Gasteiger partial charge on any atom is -0.493 e. The van der Waals surface area contributed by atoms with Gasteiger partial charge in [0.1, 0.15) is 17.0 Å². The lowest BCUT2D eigenvalue weighted by Gasteiger charge is -2.19. The maximum absolute atomic E-state index is 12.7. The largest absolute Gasteiger partial charge is 0.493 e. The number of aromatic nitrogens is 1. The molecule has 0 unspecified atom stereocenters. The number of urea groups is 1. The average molecular weight is 367 g/mol. The van der Waals surface area contributed by atoms with E-state index in [2.05, 4.69) is 10.3 Å². The molecule has 140 valence electrons. The second-order valence-corrected chi connectivity index (χ2v) is 6.93. The first-order valence-electron chi connectivity index (χ1n) is 9.06. The highest BCUT2D eigenvalue weighted by Crippen LogP contribution is 2.33. The summed E-state index contributed by atoms with van der Waals surface area (Å²) in [4.78, 5) is 30.3. The van der Waals surface area contributed by atoms with Gasteiger partial charge in [0.05, 0.1) is 12.3 Å². The first-order chi connectivity index (χ1) is 13.0. The van der Waals surface area contributed by atoms with Crippen molar-refractivity contribution in [3.8, 4) is 17.4 Å². The van der Waals surface area contributed by atoms with Gasteiger partial charge in [0.2, 0.25) is 5.88 Å². The molecular formula is C20H21N3O4. The van der Waals surface area contributed by atoms with Gasteiger partial charge >= 0.3 is 6.03 Å². The van der Waals surface area contributed by atoms with Gasteiger partial charge in [0, 0.05) is 18.3 Å². The second-order valence-electron chi connectivity index (χ2n) is 6.93. The van der Waals surface area contributed by atoms with Crippen LogP contribution >= 0.6 is 0 Å². The van der Waals surface area contributed by atoms with Crippen molar-refractivity contribution >= 4 is 17.6 Å². The van der Waals surface area contributed by atoms with E-state index in [1.807, 2.05) is 25.1 Å². The van der Waals surface area contributed by atoms with Gasteiger partial charge in [0.25, 0.3) is 5.91 Å². The number of carbonyl (C=O) groups excluding carboxylic acids is 2. The Morgan fingerprint density at radius 1 is 1.30 bits per heavy atom. The Morgan fingerprint density at radius 3 is 2.93 bits per heavy atom. The number of amides is 3. The van der Waals surface area contributed by atoms with Crippen LogP contribution in [0.25, 0.3) is 0 Å². The molecule has 1 aromatic carbocycles. The summed E-state index contributed by atoms with van der Waals surface area (Å²) in [6.45, 7) is 4.28. The molecule has 2 aromatic rings. The second kappa shape index (κ2) is 6.57. The maximum atomic E-state index is 12.7. The molecule has 1 fully saturated rings. The molecule has 1 aromatic heterocycles. The van der Waals surface area contributed by atoms with Gasteiger partial charge < -0.3 is 14.8 Å². The van der Waals surface area contributed by atoms with E-state index in [0.717, 1.165) is 29.1 Å². The zero-order valence-electron chi connectivity index (χ0n) is 15.3. The number of pyridine rings is 1. The summed E-state index contributed by atoms with van der Waals surface area (Å²) in [6, 6.07) is 8.44. The first-order valence-corrected chi connectivity index (χ1v) is 9.06. The number of carbonyl (C=O) groups is 2. The van der Waals surface area contributed by atoms with Crippen molar-refractivity contribution < 1.29 is 19.1 Å². The molecule has 4 rings (SSSR count). The fraction of sp³-hybridized carbons (Fsp3) is 0.350. The highest BCUT2D eigenvalue weighted by molar-refractivity contribution is 6.23. The summed E-state index contributed by atoms with van der Waals surface area (Å²) in [5.74, 6) is 1.43. The predicted molar refractivity (Wildman–Crippen MR) is 99.3 cm³/mol. The number of aryl methyl sites for hydroxylation is 1. The third-order valence-electron chi connectivity index (χ3n) is 5.05. The molecule has 3 heterocycles. The van der Waals surface area contributed by atoms with E-state index < -0.39 is 11.6 Å². The third kappa shape index (κ3) is 3.09. The summed E-state index contributed by atoms with van der Waals surface area (Å²) >= 11 is 0. The summed E-state index contributed by atoms with van der Waals surface area (Å²) in [7, 11) is 0. The highest BCUT2D eigenvalue weighted by atomic mass is 16.5. The fourth-order valence-corrected chi connectivity index (χ4v) is 3.26.